The minimum Gasteiger partial charge on any atom is -0.313 e. The van der Waals surface area contributed by atoms with E-state index in [-0.39, 0.29) is 0 Å². The Labute approximate surface area is 104 Å². The number of hydrogen-bond acceptors (Lipinski definition) is 2. The van der Waals surface area contributed by atoms with Crippen molar-refractivity contribution in [1.29, 1.82) is 0 Å². The second-order valence-corrected chi connectivity index (χ2v) is 5.67. The summed E-state index contributed by atoms with van der Waals surface area (Å²) in [7, 11) is 2.02. The van der Waals surface area contributed by atoms with Gasteiger partial charge in [-0.05, 0) is 37.6 Å². The molecule has 2 unspecified atom stereocenters. The number of benzene rings is 1. The zero-order valence-electron chi connectivity index (χ0n) is 10.8. The predicted octanol–water partition coefficient (Wildman–Crippen LogP) is 4.25. The molecule has 0 spiro atoms. The van der Waals surface area contributed by atoms with E-state index in [1.807, 2.05) is 18.8 Å². The Bertz CT molecular complexity index is 290. The largest absolute Gasteiger partial charge is 0.313 e. The van der Waals surface area contributed by atoms with Crippen molar-refractivity contribution in [2.24, 2.45) is 0 Å². The smallest absolute Gasteiger partial charge is 0.0314 e. The van der Waals surface area contributed by atoms with Crippen molar-refractivity contribution in [3.63, 3.8) is 0 Å². The fourth-order valence-electron chi connectivity index (χ4n) is 1.70. The highest BCUT2D eigenvalue weighted by molar-refractivity contribution is 7.99. The summed E-state index contributed by atoms with van der Waals surface area (Å²) >= 11 is 1.96. The second kappa shape index (κ2) is 6.97. The van der Waals surface area contributed by atoms with Crippen molar-refractivity contribution >= 4 is 11.8 Å². The second-order valence-electron chi connectivity index (χ2n) is 4.16. The fraction of sp³-hybridized carbons (Fsp3) is 0.571. The monoisotopic (exact) mass is 237 g/mol. The summed E-state index contributed by atoms with van der Waals surface area (Å²) in [6.45, 7) is 6.73. The molecule has 2 heteroatoms. The first-order valence-corrected chi connectivity index (χ1v) is 7.03. The Morgan fingerprint density at radius 3 is 2.19 bits per heavy atom. The van der Waals surface area contributed by atoms with E-state index in [4.69, 9.17) is 0 Å². The fourth-order valence-corrected chi connectivity index (χ4v) is 2.63. The minimum atomic E-state index is 0.489. The van der Waals surface area contributed by atoms with E-state index in [9.17, 15) is 0 Å². The lowest BCUT2D eigenvalue weighted by Crippen LogP contribution is -2.14. The Morgan fingerprint density at radius 1 is 1.12 bits per heavy atom. The third-order valence-electron chi connectivity index (χ3n) is 2.95. The van der Waals surface area contributed by atoms with Gasteiger partial charge in [0.2, 0.25) is 0 Å². The van der Waals surface area contributed by atoms with Crippen molar-refractivity contribution in [2.75, 3.05) is 7.05 Å². The molecule has 1 nitrogen and oxygen atoms in total. The Kier molecular flexibility index (Phi) is 5.93. The molecule has 0 radical (unpaired) electrons. The van der Waals surface area contributed by atoms with Crippen molar-refractivity contribution < 1.29 is 0 Å². The van der Waals surface area contributed by atoms with Crippen LogP contribution in [-0.4, -0.2) is 12.3 Å². The van der Waals surface area contributed by atoms with E-state index in [1.165, 1.54) is 16.9 Å². The van der Waals surface area contributed by atoms with E-state index in [1.54, 1.807) is 0 Å². The van der Waals surface area contributed by atoms with E-state index in [0.717, 1.165) is 6.42 Å². The number of thioether (sulfide) groups is 1. The summed E-state index contributed by atoms with van der Waals surface area (Å²) in [6.07, 6.45) is 2.36. The summed E-state index contributed by atoms with van der Waals surface area (Å²) < 4.78 is 0. The van der Waals surface area contributed by atoms with Crippen LogP contribution in [0.5, 0.6) is 0 Å². The maximum atomic E-state index is 3.33. The molecule has 0 aromatic heterocycles. The van der Waals surface area contributed by atoms with Gasteiger partial charge in [0.1, 0.15) is 0 Å². The molecule has 1 N–H and O–H groups in total. The average molecular weight is 237 g/mol. The van der Waals surface area contributed by atoms with Crippen molar-refractivity contribution in [2.45, 2.75) is 49.8 Å². The molecule has 0 aliphatic carbocycles. The molecule has 0 amide bonds. The highest BCUT2D eigenvalue weighted by Crippen LogP contribution is 2.26. The molecule has 1 rings (SSSR count). The van der Waals surface area contributed by atoms with Gasteiger partial charge < -0.3 is 5.32 Å². The van der Waals surface area contributed by atoms with Crippen LogP contribution in [0.1, 0.15) is 45.2 Å². The van der Waals surface area contributed by atoms with Gasteiger partial charge in [-0.2, -0.15) is 0 Å². The summed E-state index contributed by atoms with van der Waals surface area (Å²) in [5.74, 6) is 0. The van der Waals surface area contributed by atoms with Gasteiger partial charge in [0, 0.05) is 16.2 Å². The molecule has 90 valence electrons. The van der Waals surface area contributed by atoms with Gasteiger partial charge in [0.25, 0.3) is 0 Å². The van der Waals surface area contributed by atoms with Gasteiger partial charge in [-0.25, -0.2) is 0 Å². The highest BCUT2D eigenvalue weighted by Gasteiger charge is 2.06. The third-order valence-corrected chi connectivity index (χ3v) is 4.23. The van der Waals surface area contributed by atoms with E-state index < -0.39 is 0 Å². The lowest BCUT2D eigenvalue weighted by atomic mass is 10.1. The first-order chi connectivity index (χ1) is 7.71. The van der Waals surface area contributed by atoms with Crippen LogP contribution in [0, 0.1) is 0 Å². The van der Waals surface area contributed by atoms with Crippen molar-refractivity contribution in [3.8, 4) is 0 Å². The van der Waals surface area contributed by atoms with Gasteiger partial charge in [-0.15, -0.1) is 11.8 Å². The molecule has 0 saturated heterocycles. The van der Waals surface area contributed by atoms with E-state index in [2.05, 4.69) is 50.4 Å². The molecule has 0 heterocycles. The molecular weight excluding hydrogens is 214 g/mol. The van der Waals surface area contributed by atoms with E-state index >= 15 is 0 Å². The van der Waals surface area contributed by atoms with Crippen LogP contribution < -0.4 is 5.32 Å². The Balaban J connectivity index is 2.67. The Hall–Kier alpha value is -0.470. The molecule has 0 aliphatic heterocycles. The van der Waals surface area contributed by atoms with Gasteiger partial charge >= 0.3 is 0 Å². The Morgan fingerprint density at radius 2 is 1.75 bits per heavy atom. The van der Waals surface area contributed by atoms with Crippen LogP contribution in [0.25, 0.3) is 0 Å². The van der Waals surface area contributed by atoms with Crippen LogP contribution in [0.2, 0.25) is 0 Å². The molecular formula is C14H23NS. The molecule has 0 fully saturated rings. The van der Waals surface area contributed by atoms with Crippen LogP contribution in [-0.2, 0) is 0 Å². The van der Waals surface area contributed by atoms with Crippen LogP contribution in [0.4, 0.5) is 0 Å². The quantitative estimate of drug-likeness (QED) is 0.742. The third kappa shape index (κ3) is 3.84. The van der Waals surface area contributed by atoms with Gasteiger partial charge in [-0.3, -0.25) is 0 Å². The summed E-state index contributed by atoms with van der Waals surface area (Å²) in [5.41, 5.74) is 1.39. The molecule has 2 atom stereocenters. The average Bonchev–Trinajstić information content (AvgIpc) is 2.32. The van der Waals surface area contributed by atoms with Crippen LogP contribution >= 0.6 is 11.8 Å². The van der Waals surface area contributed by atoms with Gasteiger partial charge in [-0.1, -0.05) is 32.9 Å². The predicted molar refractivity (Wildman–Crippen MR) is 74.1 cm³/mol. The molecule has 0 aliphatic rings. The van der Waals surface area contributed by atoms with Crippen molar-refractivity contribution in [3.05, 3.63) is 29.8 Å². The summed E-state index contributed by atoms with van der Waals surface area (Å²) in [6, 6.07) is 9.46. The summed E-state index contributed by atoms with van der Waals surface area (Å²) in [5, 5.41) is 4.04. The zero-order valence-corrected chi connectivity index (χ0v) is 11.6. The maximum Gasteiger partial charge on any atom is 0.0314 e. The van der Waals surface area contributed by atoms with E-state index in [0.29, 0.717) is 11.3 Å². The standard InChI is InChI=1S/C14H23NS/c1-5-11(3)16-13-9-7-12(8-10-13)14(6-2)15-4/h7-11,14-15H,5-6H2,1-4H3. The normalized spacial score (nSPS) is 14.8. The topological polar surface area (TPSA) is 12.0 Å². The lowest BCUT2D eigenvalue weighted by Gasteiger charge is -2.15. The van der Waals surface area contributed by atoms with Gasteiger partial charge in [0.15, 0.2) is 0 Å². The molecule has 16 heavy (non-hydrogen) atoms. The highest BCUT2D eigenvalue weighted by atomic mass is 32.2. The lowest BCUT2D eigenvalue weighted by molar-refractivity contribution is 0.576. The maximum absolute atomic E-state index is 3.33. The summed E-state index contributed by atoms with van der Waals surface area (Å²) in [4.78, 5) is 1.38. The SMILES string of the molecule is CCC(C)Sc1ccc(C(CC)NC)cc1. The number of hydrogen-bond donors (Lipinski definition) is 1. The molecule has 1 aromatic carbocycles. The van der Waals surface area contributed by atoms with Crippen LogP contribution in [0.15, 0.2) is 29.2 Å². The number of rotatable bonds is 6. The van der Waals surface area contributed by atoms with Crippen LogP contribution in [0.3, 0.4) is 0 Å². The molecule has 1 aromatic rings. The van der Waals surface area contributed by atoms with Gasteiger partial charge in [0.05, 0.1) is 0 Å². The minimum absolute atomic E-state index is 0.489. The number of nitrogens with one attached hydrogen (secondary N) is 1. The first kappa shape index (κ1) is 13.6. The van der Waals surface area contributed by atoms with Crippen molar-refractivity contribution in [1.82, 2.24) is 5.32 Å². The zero-order chi connectivity index (χ0) is 12.0. The first-order valence-electron chi connectivity index (χ1n) is 6.15. The molecule has 0 bridgehead atoms. The molecule has 0 saturated carbocycles.